The first-order valence-corrected chi connectivity index (χ1v) is 5.23. The van der Waals surface area contributed by atoms with Gasteiger partial charge in [-0.15, -0.1) is 22.7 Å². The summed E-state index contributed by atoms with van der Waals surface area (Å²) in [6.07, 6.45) is 0. The quantitative estimate of drug-likeness (QED) is 0.784. The summed E-state index contributed by atoms with van der Waals surface area (Å²) in [4.78, 5) is 11.3. The number of carbonyl (C=O) groups is 1. The van der Waals surface area contributed by atoms with E-state index >= 15 is 0 Å². The fraction of sp³-hybridized carbons (Fsp3) is 0. The second kappa shape index (κ2) is 2.73. The minimum Gasteiger partial charge on any atom is -0.365 e. The maximum Gasteiger partial charge on any atom is 0.260 e. The highest BCUT2D eigenvalue weighted by atomic mass is 35.5. The van der Waals surface area contributed by atoms with E-state index in [9.17, 15) is 4.79 Å². The summed E-state index contributed by atoms with van der Waals surface area (Å²) in [5, 5.41) is 3.36. The van der Waals surface area contributed by atoms with Crippen LogP contribution in [0.4, 0.5) is 0 Å². The number of hydrogen-bond acceptors (Lipinski definition) is 3. The molecule has 0 atom stereocenters. The first-order valence-electron chi connectivity index (χ1n) is 3.15. The van der Waals surface area contributed by atoms with E-state index in [-0.39, 0.29) is 0 Å². The zero-order valence-corrected chi connectivity index (χ0v) is 8.22. The molecule has 0 fully saturated rings. The Hall–Kier alpha value is -0.580. The highest BCUT2D eigenvalue weighted by molar-refractivity contribution is 7.38. The Morgan fingerprint density at radius 3 is 2.92 bits per heavy atom. The van der Waals surface area contributed by atoms with Gasteiger partial charge in [0.2, 0.25) is 0 Å². The Labute approximate surface area is 81.6 Å². The van der Waals surface area contributed by atoms with Crippen molar-refractivity contribution in [2.45, 2.75) is 0 Å². The van der Waals surface area contributed by atoms with Gasteiger partial charge >= 0.3 is 0 Å². The molecular formula is C7H4ClNOS2. The van der Waals surface area contributed by atoms with Crippen LogP contribution in [0.15, 0.2) is 11.4 Å². The van der Waals surface area contributed by atoms with E-state index in [0.717, 1.165) is 9.40 Å². The fourth-order valence-electron chi connectivity index (χ4n) is 0.955. The smallest absolute Gasteiger partial charge is 0.260 e. The van der Waals surface area contributed by atoms with Gasteiger partial charge < -0.3 is 5.73 Å². The molecule has 0 saturated heterocycles. The van der Waals surface area contributed by atoms with E-state index < -0.39 is 5.91 Å². The number of fused-ring (bicyclic) bond motifs is 1. The van der Waals surface area contributed by atoms with Crippen molar-refractivity contribution in [2.24, 2.45) is 5.73 Å². The van der Waals surface area contributed by atoms with Crippen LogP contribution in [0.3, 0.4) is 0 Å². The first kappa shape index (κ1) is 8.04. The third-order valence-corrected chi connectivity index (χ3v) is 4.25. The van der Waals surface area contributed by atoms with E-state index in [4.69, 9.17) is 17.3 Å². The summed E-state index contributed by atoms with van der Waals surface area (Å²) in [5.74, 6) is -0.451. The van der Waals surface area contributed by atoms with Gasteiger partial charge in [0, 0.05) is 5.39 Å². The van der Waals surface area contributed by atoms with Gasteiger partial charge in [-0.1, -0.05) is 11.6 Å². The Morgan fingerprint density at radius 1 is 1.58 bits per heavy atom. The molecule has 2 heterocycles. The number of primary amides is 1. The molecule has 2 N–H and O–H groups in total. The SMILES string of the molecule is NC(=O)c1sc2sccc2c1Cl. The summed E-state index contributed by atoms with van der Waals surface area (Å²) in [6, 6.07) is 1.89. The molecule has 0 unspecified atom stereocenters. The molecule has 0 aliphatic rings. The molecule has 0 radical (unpaired) electrons. The monoisotopic (exact) mass is 217 g/mol. The van der Waals surface area contributed by atoms with Gasteiger partial charge in [-0.3, -0.25) is 4.79 Å². The third-order valence-electron chi connectivity index (χ3n) is 1.48. The average Bonchev–Trinajstić information content (AvgIpc) is 2.53. The van der Waals surface area contributed by atoms with E-state index in [2.05, 4.69) is 0 Å². The van der Waals surface area contributed by atoms with Crippen LogP contribution in [0.25, 0.3) is 9.40 Å². The van der Waals surface area contributed by atoms with Crippen LogP contribution >= 0.6 is 34.3 Å². The Morgan fingerprint density at radius 2 is 2.33 bits per heavy atom. The van der Waals surface area contributed by atoms with Crippen molar-refractivity contribution >= 4 is 49.6 Å². The Balaban J connectivity index is 2.78. The number of hydrogen-bond donors (Lipinski definition) is 1. The zero-order chi connectivity index (χ0) is 8.72. The highest BCUT2D eigenvalue weighted by Crippen LogP contribution is 2.38. The van der Waals surface area contributed by atoms with Gasteiger partial charge in [0.1, 0.15) is 4.88 Å². The predicted molar refractivity (Wildman–Crippen MR) is 53.2 cm³/mol. The molecule has 62 valence electrons. The fourth-order valence-corrected chi connectivity index (χ4v) is 3.43. The van der Waals surface area contributed by atoms with Gasteiger partial charge in [-0.2, -0.15) is 0 Å². The molecule has 2 nitrogen and oxygen atoms in total. The number of rotatable bonds is 1. The van der Waals surface area contributed by atoms with Crippen molar-refractivity contribution in [1.82, 2.24) is 0 Å². The van der Waals surface area contributed by atoms with Crippen LogP contribution < -0.4 is 5.73 Å². The minimum absolute atomic E-state index is 0.451. The van der Waals surface area contributed by atoms with Gasteiger partial charge in [-0.05, 0) is 11.4 Å². The molecule has 0 aromatic carbocycles. The molecule has 12 heavy (non-hydrogen) atoms. The van der Waals surface area contributed by atoms with Gasteiger partial charge in [0.25, 0.3) is 5.91 Å². The number of halogens is 1. The van der Waals surface area contributed by atoms with E-state index in [0.29, 0.717) is 9.90 Å². The van der Waals surface area contributed by atoms with Crippen LogP contribution in [-0.4, -0.2) is 5.91 Å². The van der Waals surface area contributed by atoms with Crippen molar-refractivity contribution in [2.75, 3.05) is 0 Å². The number of nitrogens with two attached hydrogens (primary N) is 1. The summed E-state index contributed by atoms with van der Waals surface area (Å²) in [6.45, 7) is 0. The van der Waals surface area contributed by atoms with Crippen molar-refractivity contribution in [1.29, 1.82) is 0 Å². The highest BCUT2D eigenvalue weighted by Gasteiger charge is 2.14. The lowest BCUT2D eigenvalue weighted by atomic mass is 10.3. The molecular weight excluding hydrogens is 214 g/mol. The number of thiophene rings is 2. The molecule has 0 aliphatic carbocycles. The lowest BCUT2D eigenvalue weighted by Crippen LogP contribution is -2.08. The second-order valence-electron chi connectivity index (χ2n) is 2.23. The van der Waals surface area contributed by atoms with Crippen LogP contribution in [0.2, 0.25) is 5.02 Å². The lowest BCUT2D eigenvalue weighted by molar-refractivity contribution is 0.100. The second-order valence-corrected chi connectivity index (χ2v) is 4.80. The van der Waals surface area contributed by atoms with Crippen LogP contribution in [0.5, 0.6) is 0 Å². The number of amides is 1. The standard InChI is InChI=1S/C7H4ClNOS2/c8-4-3-1-2-11-7(3)12-5(4)6(9)10/h1-2H,(H2,9,10). The molecule has 2 rings (SSSR count). The first-order chi connectivity index (χ1) is 5.70. The normalized spacial score (nSPS) is 10.8. The molecule has 0 aliphatic heterocycles. The van der Waals surface area contributed by atoms with E-state index in [1.54, 1.807) is 11.3 Å². The molecule has 0 saturated carbocycles. The Kier molecular flexibility index (Phi) is 1.83. The molecule has 0 spiro atoms. The molecule has 1 amide bonds. The minimum atomic E-state index is -0.451. The molecule has 2 aromatic rings. The maximum absolute atomic E-state index is 10.8. The van der Waals surface area contributed by atoms with Crippen LogP contribution in [-0.2, 0) is 0 Å². The van der Waals surface area contributed by atoms with E-state index in [1.165, 1.54) is 11.3 Å². The number of carbonyl (C=O) groups excluding carboxylic acids is 1. The largest absolute Gasteiger partial charge is 0.365 e. The van der Waals surface area contributed by atoms with Gasteiger partial charge in [-0.25, -0.2) is 0 Å². The van der Waals surface area contributed by atoms with Gasteiger partial charge in [0.05, 0.1) is 9.04 Å². The van der Waals surface area contributed by atoms with Crippen molar-refractivity contribution in [3.8, 4) is 0 Å². The summed E-state index contributed by atoms with van der Waals surface area (Å²) in [7, 11) is 0. The summed E-state index contributed by atoms with van der Waals surface area (Å²) in [5.41, 5.74) is 5.13. The average molecular weight is 218 g/mol. The lowest BCUT2D eigenvalue weighted by Gasteiger charge is -1.87. The molecule has 5 heteroatoms. The van der Waals surface area contributed by atoms with Crippen molar-refractivity contribution in [3.63, 3.8) is 0 Å². The van der Waals surface area contributed by atoms with Crippen LogP contribution in [0.1, 0.15) is 9.67 Å². The maximum atomic E-state index is 10.8. The molecule has 2 aromatic heterocycles. The van der Waals surface area contributed by atoms with Gasteiger partial charge in [0.15, 0.2) is 0 Å². The van der Waals surface area contributed by atoms with Crippen LogP contribution in [0, 0.1) is 0 Å². The third kappa shape index (κ3) is 1.03. The molecule has 0 bridgehead atoms. The van der Waals surface area contributed by atoms with Crippen molar-refractivity contribution < 1.29 is 4.79 Å². The summed E-state index contributed by atoms with van der Waals surface area (Å²) < 4.78 is 1.05. The Bertz CT molecular complexity index is 445. The summed E-state index contributed by atoms with van der Waals surface area (Å²) >= 11 is 8.83. The zero-order valence-electron chi connectivity index (χ0n) is 5.83. The predicted octanol–water partition coefficient (Wildman–Crippen LogP) is 2.72. The van der Waals surface area contributed by atoms with E-state index in [1.807, 2.05) is 11.4 Å². The topological polar surface area (TPSA) is 43.1 Å². The van der Waals surface area contributed by atoms with Crippen molar-refractivity contribution in [3.05, 3.63) is 21.3 Å².